The van der Waals surface area contributed by atoms with Crippen molar-refractivity contribution in [1.29, 1.82) is 0 Å². The number of nitrogens with one attached hydrogen (secondary N) is 1. The van der Waals surface area contributed by atoms with E-state index in [9.17, 15) is 9.18 Å². The maximum Gasteiger partial charge on any atom is 0.258 e. The standard InChI is InChI=1S/C19H18ClFN4O/c1-12-10-24(5-4-22-12)16-2-3-18-23-17(9-19(26)25(18)11-16)13-6-14(20)8-15(21)7-13/h2-3,6-9,11-12,22H,4-5,10H2,1H3. The van der Waals surface area contributed by atoms with Crippen LogP contribution in [0.25, 0.3) is 16.9 Å². The van der Waals surface area contributed by atoms with Gasteiger partial charge in [-0.3, -0.25) is 9.20 Å². The van der Waals surface area contributed by atoms with Crippen molar-refractivity contribution in [2.75, 3.05) is 24.5 Å². The highest BCUT2D eigenvalue weighted by Gasteiger charge is 2.17. The van der Waals surface area contributed by atoms with E-state index in [4.69, 9.17) is 11.6 Å². The van der Waals surface area contributed by atoms with Crippen LogP contribution in [0.15, 0.2) is 47.4 Å². The molecular weight excluding hydrogens is 355 g/mol. The van der Waals surface area contributed by atoms with Crippen LogP contribution in [0.3, 0.4) is 0 Å². The van der Waals surface area contributed by atoms with E-state index in [-0.39, 0.29) is 10.6 Å². The maximum absolute atomic E-state index is 13.6. The van der Waals surface area contributed by atoms with Crippen molar-refractivity contribution in [2.45, 2.75) is 13.0 Å². The highest BCUT2D eigenvalue weighted by Crippen LogP contribution is 2.23. The van der Waals surface area contributed by atoms with E-state index in [1.165, 1.54) is 22.6 Å². The summed E-state index contributed by atoms with van der Waals surface area (Å²) in [7, 11) is 0. The van der Waals surface area contributed by atoms with E-state index in [1.54, 1.807) is 6.07 Å². The van der Waals surface area contributed by atoms with Gasteiger partial charge in [0, 0.05) is 48.5 Å². The van der Waals surface area contributed by atoms with Gasteiger partial charge in [0.05, 0.1) is 11.4 Å². The smallest absolute Gasteiger partial charge is 0.258 e. The Bertz CT molecular complexity index is 1020. The second-order valence-electron chi connectivity index (χ2n) is 6.55. The van der Waals surface area contributed by atoms with E-state index in [2.05, 4.69) is 22.1 Å². The third-order valence-electron chi connectivity index (χ3n) is 4.54. The summed E-state index contributed by atoms with van der Waals surface area (Å²) in [4.78, 5) is 19.3. The number of piperazine rings is 1. The summed E-state index contributed by atoms with van der Waals surface area (Å²) < 4.78 is 15.1. The fraction of sp³-hybridized carbons (Fsp3) is 0.263. The van der Waals surface area contributed by atoms with Crippen molar-refractivity contribution in [3.05, 3.63) is 63.8 Å². The highest BCUT2D eigenvalue weighted by molar-refractivity contribution is 6.30. The number of aromatic nitrogens is 2. The first-order valence-corrected chi connectivity index (χ1v) is 8.86. The van der Waals surface area contributed by atoms with E-state index >= 15 is 0 Å². The Morgan fingerprint density at radius 1 is 1.27 bits per heavy atom. The molecule has 0 bridgehead atoms. The summed E-state index contributed by atoms with van der Waals surface area (Å²) in [5.74, 6) is -0.460. The normalized spacial score (nSPS) is 17.7. The first kappa shape index (κ1) is 17.0. The van der Waals surface area contributed by atoms with Crippen LogP contribution >= 0.6 is 11.6 Å². The summed E-state index contributed by atoms with van der Waals surface area (Å²) in [5, 5.41) is 3.67. The van der Waals surface area contributed by atoms with Crippen LogP contribution in [0.2, 0.25) is 5.02 Å². The minimum absolute atomic E-state index is 0.213. The number of hydrogen-bond acceptors (Lipinski definition) is 4. The van der Waals surface area contributed by atoms with Gasteiger partial charge in [0.25, 0.3) is 5.56 Å². The average Bonchev–Trinajstić information content (AvgIpc) is 2.60. The van der Waals surface area contributed by atoms with Gasteiger partial charge in [-0.1, -0.05) is 11.6 Å². The molecule has 0 amide bonds. The maximum atomic E-state index is 13.6. The van der Waals surface area contributed by atoms with Gasteiger partial charge >= 0.3 is 0 Å². The molecule has 1 aliphatic rings. The molecule has 1 aromatic carbocycles. The number of rotatable bonds is 2. The zero-order chi connectivity index (χ0) is 18.3. The topological polar surface area (TPSA) is 49.6 Å². The zero-order valence-corrected chi connectivity index (χ0v) is 15.0. The molecule has 0 spiro atoms. The first-order chi connectivity index (χ1) is 12.5. The molecule has 1 aliphatic heterocycles. The van der Waals surface area contributed by atoms with Crippen LogP contribution in [-0.4, -0.2) is 35.1 Å². The summed E-state index contributed by atoms with van der Waals surface area (Å²) in [6.07, 6.45) is 1.81. The molecule has 1 atom stereocenters. The molecule has 1 unspecified atom stereocenters. The monoisotopic (exact) mass is 372 g/mol. The van der Waals surface area contributed by atoms with Crippen LogP contribution in [0.1, 0.15) is 6.92 Å². The largest absolute Gasteiger partial charge is 0.368 e. The number of benzene rings is 1. The molecular formula is C19H18ClFN4O. The van der Waals surface area contributed by atoms with Gasteiger partial charge in [0.2, 0.25) is 0 Å². The molecule has 0 radical (unpaired) electrons. The van der Waals surface area contributed by atoms with Crippen molar-refractivity contribution in [2.24, 2.45) is 0 Å². The average molecular weight is 373 g/mol. The molecule has 4 rings (SSSR count). The van der Waals surface area contributed by atoms with Gasteiger partial charge in [-0.25, -0.2) is 9.37 Å². The van der Waals surface area contributed by atoms with Crippen molar-refractivity contribution < 1.29 is 4.39 Å². The third-order valence-corrected chi connectivity index (χ3v) is 4.75. The van der Waals surface area contributed by atoms with E-state index < -0.39 is 5.82 Å². The Balaban J connectivity index is 1.76. The minimum Gasteiger partial charge on any atom is -0.368 e. The van der Waals surface area contributed by atoms with Crippen LogP contribution in [-0.2, 0) is 0 Å². The summed E-state index contributed by atoms with van der Waals surface area (Å²) >= 11 is 5.91. The first-order valence-electron chi connectivity index (χ1n) is 8.48. The fourth-order valence-corrected chi connectivity index (χ4v) is 3.52. The summed E-state index contributed by atoms with van der Waals surface area (Å²) in [5.41, 5.74) is 2.17. The predicted octanol–water partition coefficient (Wildman–Crippen LogP) is 2.95. The fourth-order valence-electron chi connectivity index (χ4n) is 3.29. The van der Waals surface area contributed by atoms with Gasteiger partial charge < -0.3 is 10.2 Å². The van der Waals surface area contributed by atoms with Crippen LogP contribution in [0.5, 0.6) is 0 Å². The Labute approximate surface area is 155 Å². The van der Waals surface area contributed by atoms with Gasteiger partial charge in [-0.05, 0) is 37.3 Å². The van der Waals surface area contributed by atoms with Crippen LogP contribution in [0, 0.1) is 5.82 Å². The Morgan fingerprint density at radius 3 is 2.88 bits per heavy atom. The molecule has 3 aromatic rings. The number of anilines is 1. The quantitative estimate of drug-likeness (QED) is 0.751. The van der Waals surface area contributed by atoms with Crippen molar-refractivity contribution in [3.8, 4) is 11.3 Å². The predicted molar refractivity (Wildman–Crippen MR) is 102 cm³/mol. The van der Waals surface area contributed by atoms with E-state index in [0.29, 0.717) is 22.9 Å². The molecule has 5 nitrogen and oxygen atoms in total. The summed E-state index contributed by atoms with van der Waals surface area (Å²) in [6.45, 7) is 4.81. The number of nitrogens with zero attached hydrogens (tertiary/aromatic N) is 3. The Hall–Kier alpha value is -2.44. The molecule has 2 aromatic heterocycles. The number of pyridine rings is 1. The van der Waals surface area contributed by atoms with Crippen LogP contribution < -0.4 is 15.8 Å². The van der Waals surface area contributed by atoms with E-state index in [1.807, 2.05) is 18.3 Å². The van der Waals surface area contributed by atoms with Crippen LogP contribution in [0.4, 0.5) is 10.1 Å². The lowest BCUT2D eigenvalue weighted by atomic mass is 10.1. The van der Waals surface area contributed by atoms with Crippen molar-refractivity contribution in [3.63, 3.8) is 0 Å². The second kappa shape index (κ2) is 6.70. The van der Waals surface area contributed by atoms with Gasteiger partial charge in [0.15, 0.2) is 0 Å². The number of halogens is 2. The number of fused-ring (bicyclic) bond motifs is 1. The molecule has 26 heavy (non-hydrogen) atoms. The van der Waals surface area contributed by atoms with E-state index in [0.717, 1.165) is 25.3 Å². The van der Waals surface area contributed by atoms with Gasteiger partial charge in [-0.2, -0.15) is 0 Å². The minimum atomic E-state index is -0.460. The zero-order valence-electron chi connectivity index (χ0n) is 14.2. The lowest BCUT2D eigenvalue weighted by molar-refractivity contribution is 0.484. The molecule has 1 fully saturated rings. The van der Waals surface area contributed by atoms with Gasteiger partial charge in [-0.15, -0.1) is 0 Å². The highest BCUT2D eigenvalue weighted by atomic mass is 35.5. The molecule has 7 heteroatoms. The molecule has 1 saturated heterocycles. The summed E-state index contributed by atoms with van der Waals surface area (Å²) in [6, 6.07) is 9.72. The Morgan fingerprint density at radius 2 is 2.12 bits per heavy atom. The molecule has 3 heterocycles. The van der Waals surface area contributed by atoms with Crippen molar-refractivity contribution >= 4 is 22.9 Å². The SMILES string of the molecule is CC1CN(c2ccc3nc(-c4cc(F)cc(Cl)c4)cc(=O)n3c2)CCN1. The lowest BCUT2D eigenvalue weighted by Crippen LogP contribution is -2.49. The number of hydrogen-bond donors (Lipinski definition) is 1. The Kier molecular flexibility index (Phi) is 4.38. The molecule has 0 saturated carbocycles. The molecule has 1 N–H and O–H groups in total. The van der Waals surface area contributed by atoms with Gasteiger partial charge in [0.1, 0.15) is 11.5 Å². The van der Waals surface area contributed by atoms with Crippen molar-refractivity contribution in [1.82, 2.24) is 14.7 Å². The second-order valence-corrected chi connectivity index (χ2v) is 6.99. The molecule has 0 aliphatic carbocycles. The third kappa shape index (κ3) is 3.30. The molecule has 134 valence electrons. The lowest BCUT2D eigenvalue weighted by Gasteiger charge is -2.33.